The summed E-state index contributed by atoms with van der Waals surface area (Å²) in [5, 5.41) is 0. The van der Waals surface area contributed by atoms with Gasteiger partial charge in [0, 0.05) is 13.0 Å². The van der Waals surface area contributed by atoms with Crippen LogP contribution in [-0.2, 0) is 4.74 Å². The molecule has 2 unspecified atom stereocenters. The topological polar surface area (TPSA) is 12.5 Å². The Balaban J connectivity index is 1.84. The van der Waals surface area contributed by atoms with Crippen LogP contribution in [-0.4, -0.2) is 34.1 Å². The summed E-state index contributed by atoms with van der Waals surface area (Å²) in [6.07, 6.45) is 7.56. The minimum atomic E-state index is -0.0999. The van der Waals surface area contributed by atoms with E-state index < -0.39 is 0 Å². The minimum Gasteiger partial charge on any atom is -0.496 e. The van der Waals surface area contributed by atoms with Crippen molar-refractivity contribution in [1.29, 1.82) is 0 Å². The number of thioether (sulfide) groups is 1. The Labute approximate surface area is 127 Å². The molecule has 4 heteroatoms. The first-order chi connectivity index (χ1) is 8.98. The van der Waals surface area contributed by atoms with Gasteiger partial charge in [0.1, 0.15) is 5.60 Å². The van der Waals surface area contributed by atoms with Crippen LogP contribution >= 0.6 is 23.5 Å². The van der Waals surface area contributed by atoms with Gasteiger partial charge in [0.2, 0.25) is 0 Å². The first-order valence-electron chi connectivity index (χ1n) is 7.32. The maximum atomic E-state index is 6.52. The smallest absolute Gasteiger partial charge is 0.104 e. The molecule has 0 bridgehead atoms. The van der Waals surface area contributed by atoms with Crippen molar-refractivity contribution in [1.82, 2.24) is 4.42 Å². The van der Waals surface area contributed by atoms with E-state index in [2.05, 4.69) is 38.6 Å². The van der Waals surface area contributed by atoms with Crippen LogP contribution in [0.4, 0.5) is 0 Å². The number of rotatable bonds is 4. The predicted octanol–water partition coefficient (Wildman–Crippen LogP) is 4.30. The molecule has 0 spiro atoms. The van der Waals surface area contributed by atoms with Gasteiger partial charge < -0.3 is 4.74 Å². The van der Waals surface area contributed by atoms with Crippen LogP contribution in [0.2, 0.25) is 0 Å². The molecule has 0 aliphatic carbocycles. The normalized spacial score (nSPS) is 29.2. The van der Waals surface area contributed by atoms with E-state index in [9.17, 15) is 0 Å². The van der Waals surface area contributed by atoms with Gasteiger partial charge in [0.05, 0.1) is 12.3 Å². The second kappa shape index (κ2) is 6.73. The molecule has 2 atom stereocenters. The third-order valence-electron chi connectivity index (χ3n) is 4.28. The van der Waals surface area contributed by atoms with E-state index in [1.54, 1.807) is 0 Å². The molecule has 0 aromatic rings. The lowest BCUT2D eigenvalue weighted by Crippen LogP contribution is -2.40. The summed E-state index contributed by atoms with van der Waals surface area (Å²) in [4.78, 5) is 0. The predicted molar refractivity (Wildman–Crippen MR) is 84.5 cm³/mol. The fraction of sp³-hybridized carbons (Fsp3) is 0.867. The average molecular weight is 304 g/mol. The summed E-state index contributed by atoms with van der Waals surface area (Å²) < 4.78 is 7.59. The van der Waals surface area contributed by atoms with Crippen molar-refractivity contribution in [2.75, 3.05) is 18.1 Å². The quantitative estimate of drug-likeness (QED) is 0.718. The molecule has 0 aromatic heterocycles. The van der Waals surface area contributed by atoms with Crippen LogP contribution in [0.1, 0.15) is 40.0 Å². The van der Waals surface area contributed by atoms with Gasteiger partial charge in [-0.3, -0.25) is 0 Å². The molecule has 2 rings (SSSR count). The van der Waals surface area contributed by atoms with Crippen molar-refractivity contribution in [2.45, 2.75) is 51.7 Å². The summed E-state index contributed by atoms with van der Waals surface area (Å²) in [6, 6.07) is 0.297. The molecule has 0 saturated carbocycles. The van der Waals surface area contributed by atoms with Gasteiger partial charge in [0.25, 0.3) is 0 Å². The summed E-state index contributed by atoms with van der Waals surface area (Å²) in [6.45, 7) is 7.57. The molecule has 2 nitrogen and oxygen atoms in total. The molecule has 2 aliphatic rings. The Bertz CT molecular complexity index is 315. The van der Waals surface area contributed by atoms with Gasteiger partial charge in [-0.05, 0) is 67.9 Å². The van der Waals surface area contributed by atoms with Crippen LogP contribution < -0.4 is 0 Å². The van der Waals surface area contributed by atoms with E-state index in [4.69, 9.17) is 16.5 Å². The second-order valence-corrected chi connectivity index (χ2v) is 8.15. The van der Waals surface area contributed by atoms with Gasteiger partial charge >= 0.3 is 0 Å². The summed E-state index contributed by atoms with van der Waals surface area (Å²) >= 11 is 8.61. The van der Waals surface area contributed by atoms with Crippen LogP contribution in [0.25, 0.3) is 0 Å². The maximum absolute atomic E-state index is 6.52. The molecule has 0 radical (unpaired) electrons. The number of ether oxygens (including phenoxy) is 1. The number of hydrogen-bond acceptors (Lipinski definition) is 3. The van der Waals surface area contributed by atoms with E-state index in [1.165, 1.54) is 24.3 Å². The molecule has 1 fully saturated rings. The summed E-state index contributed by atoms with van der Waals surface area (Å²) in [5.74, 6) is 4.17. The van der Waals surface area contributed by atoms with Crippen LogP contribution in [0, 0.1) is 11.8 Å². The molecule has 1 saturated heterocycles. The van der Waals surface area contributed by atoms with Crippen molar-refractivity contribution in [2.24, 2.45) is 11.8 Å². The number of hydrogen-bond donors (Lipinski definition) is 0. The van der Waals surface area contributed by atoms with E-state index in [0.717, 1.165) is 18.9 Å². The standard InChI is InChI=1S/C15H26ClNOS/c1-12(13-5-8-19-9-6-13)11-17(16)14-4-7-18-15(2,3)10-14/h4,7,12-14H,5-6,8-11H2,1-3H3. The van der Waals surface area contributed by atoms with Crippen molar-refractivity contribution in [3.63, 3.8) is 0 Å². The second-order valence-electron chi connectivity index (χ2n) is 6.49. The third-order valence-corrected chi connectivity index (χ3v) is 5.72. The van der Waals surface area contributed by atoms with Crippen molar-refractivity contribution in [3.8, 4) is 0 Å². The molecule has 2 aliphatic heterocycles. The first kappa shape index (κ1) is 15.5. The highest BCUT2D eigenvalue weighted by Crippen LogP contribution is 2.32. The largest absolute Gasteiger partial charge is 0.496 e. The number of halogens is 1. The monoisotopic (exact) mass is 303 g/mol. The highest BCUT2D eigenvalue weighted by atomic mass is 35.5. The highest BCUT2D eigenvalue weighted by Gasteiger charge is 2.31. The molecule has 0 amide bonds. The SMILES string of the molecule is CC(CN(Cl)C1C=COC(C)(C)C1)C1CCSCC1. The Morgan fingerprint density at radius 2 is 2.11 bits per heavy atom. The zero-order valence-electron chi connectivity index (χ0n) is 12.3. The molecule has 110 valence electrons. The Hall–Kier alpha value is 0.140. The van der Waals surface area contributed by atoms with E-state index in [-0.39, 0.29) is 5.60 Å². The fourth-order valence-corrected chi connectivity index (χ4v) is 4.47. The lowest BCUT2D eigenvalue weighted by molar-refractivity contribution is 0.0196. The summed E-state index contributed by atoms with van der Waals surface area (Å²) in [7, 11) is 0. The van der Waals surface area contributed by atoms with Crippen LogP contribution in [0.5, 0.6) is 0 Å². The van der Waals surface area contributed by atoms with Gasteiger partial charge in [-0.1, -0.05) is 6.92 Å². The van der Waals surface area contributed by atoms with E-state index >= 15 is 0 Å². The molecule has 0 N–H and O–H groups in total. The lowest BCUT2D eigenvalue weighted by atomic mass is 9.88. The Morgan fingerprint density at radius 1 is 1.42 bits per heavy atom. The van der Waals surface area contributed by atoms with Crippen LogP contribution in [0.15, 0.2) is 12.3 Å². The minimum absolute atomic E-state index is 0.0999. The van der Waals surface area contributed by atoms with Gasteiger partial charge in [-0.2, -0.15) is 11.8 Å². The Morgan fingerprint density at radius 3 is 2.74 bits per heavy atom. The third kappa shape index (κ3) is 4.57. The number of nitrogens with zero attached hydrogens (tertiary/aromatic N) is 1. The maximum Gasteiger partial charge on any atom is 0.104 e. The molecular formula is C15H26ClNOS. The fourth-order valence-electron chi connectivity index (χ4n) is 2.97. The molecule has 2 heterocycles. The van der Waals surface area contributed by atoms with Crippen molar-refractivity contribution >= 4 is 23.5 Å². The molecule has 0 aromatic carbocycles. The van der Waals surface area contributed by atoms with Gasteiger partial charge in [-0.25, -0.2) is 4.42 Å². The Kier molecular flexibility index (Phi) is 5.50. The van der Waals surface area contributed by atoms with Gasteiger partial charge in [0.15, 0.2) is 0 Å². The zero-order valence-corrected chi connectivity index (χ0v) is 13.8. The first-order valence-corrected chi connectivity index (χ1v) is 8.82. The van der Waals surface area contributed by atoms with Gasteiger partial charge in [-0.15, -0.1) is 0 Å². The zero-order chi connectivity index (χ0) is 13.9. The van der Waals surface area contributed by atoms with Crippen molar-refractivity contribution < 1.29 is 4.74 Å². The average Bonchev–Trinajstić information content (AvgIpc) is 2.38. The lowest BCUT2D eigenvalue weighted by Gasteiger charge is -2.37. The van der Waals surface area contributed by atoms with Crippen LogP contribution in [0.3, 0.4) is 0 Å². The van der Waals surface area contributed by atoms with E-state index in [0.29, 0.717) is 12.0 Å². The van der Waals surface area contributed by atoms with E-state index in [1.807, 2.05) is 10.7 Å². The molecule has 19 heavy (non-hydrogen) atoms. The highest BCUT2D eigenvalue weighted by molar-refractivity contribution is 7.99. The summed E-state index contributed by atoms with van der Waals surface area (Å²) in [5.41, 5.74) is -0.0999. The van der Waals surface area contributed by atoms with Crippen molar-refractivity contribution in [3.05, 3.63) is 12.3 Å². The molecular weight excluding hydrogens is 278 g/mol.